The minimum absolute atomic E-state index is 0.109. The molecule has 1 aromatic rings. The Hall–Kier alpha value is -2.03. The number of benzene rings is 1. The molecule has 1 aromatic carbocycles. The lowest BCUT2D eigenvalue weighted by atomic mass is 10.1. The topological polar surface area (TPSA) is 80.7 Å². The highest BCUT2D eigenvalue weighted by atomic mass is 16.5. The summed E-state index contributed by atoms with van der Waals surface area (Å²) in [6.45, 7) is 9.92. The summed E-state index contributed by atoms with van der Waals surface area (Å²) in [5.41, 5.74) is 0.476. The van der Waals surface area contributed by atoms with Gasteiger partial charge in [-0.15, -0.1) is 0 Å². The summed E-state index contributed by atoms with van der Waals surface area (Å²) in [6, 6.07) is 3.37. The minimum Gasteiger partial charge on any atom is -0.493 e. The first-order valence-corrected chi connectivity index (χ1v) is 10.9. The van der Waals surface area contributed by atoms with E-state index in [1.807, 2.05) is 11.8 Å². The van der Waals surface area contributed by atoms with E-state index in [-0.39, 0.29) is 18.1 Å². The van der Waals surface area contributed by atoms with E-state index in [0.29, 0.717) is 61.5 Å². The largest absolute Gasteiger partial charge is 0.493 e. The molecule has 0 bridgehead atoms. The van der Waals surface area contributed by atoms with Crippen molar-refractivity contribution in [3.8, 4) is 17.2 Å². The van der Waals surface area contributed by atoms with Gasteiger partial charge in [0.25, 0.3) is 5.91 Å². The van der Waals surface area contributed by atoms with Crippen molar-refractivity contribution in [2.45, 2.75) is 39.4 Å². The lowest BCUT2D eigenvalue weighted by Crippen LogP contribution is -2.50. The number of carbonyl (C=O) groups is 1. The van der Waals surface area contributed by atoms with E-state index < -0.39 is 0 Å². The van der Waals surface area contributed by atoms with Gasteiger partial charge in [-0.05, 0) is 24.5 Å². The van der Waals surface area contributed by atoms with Crippen molar-refractivity contribution in [2.24, 2.45) is 5.92 Å². The fourth-order valence-electron chi connectivity index (χ4n) is 3.80. The molecular weight excluding hydrogens is 400 g/mol. The molecule has 2 unspecified atom stereocenters. The van der Waals surface area contributed by atoms with Gasteiger partial charge in [0.15, 0.2) is 11.5 Å². The summed E-state index contributed by atoms with van der Waals surface area (Å²) >= 11 is 0. The highest BCUT2D eigenvalue weighted by Gasteiger charge is 2.28. The van der Waals surface area contributed by atoms with Gasteiger partial charge in [0, 0.05) is 38.3 Å². The van der Waals surface area contributed by atoms with Gasteiger partial charge < -0.3 is 29.0 Å². The molecule has 31 heavy (non-hydrogen) atoms. The van der Waals surface area contributed by atoms with Gasteiger partial charge in [0.05, 0.1) is 40.1 Å². The second-order valence-electron chi connectivity index (χ2n) is 8.33. The Morgan fingerprint density at radius 1 is 1.23 bits per heavy atom. The Kier molecular flexibility index (Phi) is 9.87. The van der Waals surface area contributed by atoms with Crippen LogP contribution in [0, 0.1) is 5.92 Å². The number of hydrogen-bond donors (Lipinski definition) is 1. The number of ether oxygens (including phenoxy) is 4. The van der Waals surface area contributed by atoms with Crippen molar-refractivity contribution in [2.75, 3.05) is 60.7 Å². The number of methoxy groups -OCH3 is 3. The van der Waals surface area contributed by atoms with Crippen molar-refractivity contribution in [3.05, 3.63) is 17.7 Å². The van der Waals surface area contributed by atoms with Gasteiger partial charge >= 0.3 is 0 Å². The average molecular weight is 439 g/mol. The van der Waals surface area contributed by atoms with Gasteiger partial charge in [0.1, 0.15) is 0 Å². The summed E-state index contributed by atoms with van der Waals surface area (Å²) in [5, 5.41) is 9.99. The number of rotatable bonds is 11. The van der Waals surface area contributed by atoms with Crippen molar-refractivity contribution in [3.63, 3.8) is 0 Å². The zero-order valence-electron chi connectivity index (χ0n) is 19.7. The van der Waals surface area contributed by atoms with Gasteiger partial charge in [0.2, 0.25) is 5.75 Å². The third-order valence-corrected chi connectivity index (χ3v) is 5.37. The molecule has 2 rings (SSSR count). The van der Waals surface area contributed by atoms with Crippen LogP contribution < -0.4 is 14.2 Å². The zero-order valence-corrected chi connectivity index (χ0v) is 19.7. The molecule has 1 saturated heterocycles. The van der Waals surface area contributed by atoms with Crippen molar-refractivity contribution in [1.29, 1.82) is 0 Å². The number of β-amino-alcohol motifs (C(OH)–C–C–N with tert-alkyl or cyclic N) is 1. The highest BCUT2D eigenvalue weighted by molar-refractivity contribution is 5.95. The average Bonchev–Trinajstić information content (AvgIpc) is 2.76. The van der Waals surface area contributed by atoms with Crippen molar-refractivity contribution in [1.82, 2.24) is 9.80 Å². The predicted molar refractivity (Wildman–Crippen MR) is 119 cm³/mol. The number of morpholine rings is 1. The quantitative estimate of drug-likeness (QED) is 0.568. The lowest BCUT2D eigenvalue weighted by Gasteiger charge is -2.37. The Morgan fingerprint density at radius 2 is 1.87 bits per heavy atom. The molecule has 1 aliphatic rings. The van der Waals surface area contributed by atoms with Gasteiger partial charge in [-0.1, -0.05) is 20.8 Å². The number of amides is 1. The molecule has 0 saturated carbocycles. The molecule has 1 N–H and O–H groups in total. The maximum Gasteiger partial charge on any atom is 0.254 e. The molecular formula is C23H38N2O6. The van der Waals surface area contributed by atoms with E-state index >= 15 is 0 Å². The highest BCUT2D eigenvalue weighted by Crippen LogP contribution is 2.38. The summed E-state index contributed by atoms with van der Waals surface area (Å²) in [6.07, 6.45) is 0.273. The van der Waals surface area contributed by atoms with Gasteiger partial charge in [-0.2, -0.15) is 0 Å². The van der Waals surface area contributed by atoms with E-state index in [2.05, 4.69) is 18.7 Å². The molecule has 176 valence electrons. The second-order valence-corrected chi connectivity index (χ2v) is 8.33. The van der Waals surface area contributed by atoms with E-state index in [1.54, 1.807) is 12.1 Å². The maximum atomic E-state index is 13.5. The normalized spacial score (nSPS) is 18.0. The van der Waals surface area contributed by atoms with Gasteiger partial charge in [-0.3, -0.25) is 9.69 Å². The molecule has 2 atom stereocenters. The molecule has 0 spiro atoms. The monoisotopic (exact) mass is 438 g/mol. The fourth-order valence-corrected chi connectivity index (χ4v) is 3.80. The third-order valence-electron chi connectivity index (χ3n) is 5.37. The van der Waals surface area contributed by atoms with Crippen LogP contribution in [0.15, 0.2) is 12.1 Å². The van der Waals surface area contributed by atoms with E-state index in [4.69, 9.17) is 18.9 Å². The van der Waals surface area contributed by atoms with Crippen LogP contribution in [0.1, 0.15) is 37.6 Å². The van der Waals surface area contributed by atoms with E-state index in [0.717, 1.165) is 13.0 Å². The van der Waals surface area contributed by atoms with E-state index in [1.165, 1.54) is 21.3 Å². The molecule has 1 fully saturated rings. The van der Waals surface area contributed by atoms with Crippen LogP contribution >= 0.6 is 0 Å². The number of hydrogen-bond acceptors (Lipinski definition) is 7. The van der Waals surface area contributed by atoms with Crippen LogP contribution in [-0.2, 0) is 4.74 Å². The molecule has 0 aliphatic carbocycles. The maximum absolute atomic E-state index is 13.5. The molecule has 1 amide bonds. The predicted octanol–water partition coefficient (Wildman–Crippen LogP) is 2.28. The SMILES string of the molecule is CCC(O)CN1CCOC(CN(CC(C)C)C(=O)c2cc(OC)c(OC)c(OC)c2)C1. The first-order valence-electron chi connectivity index (χ1n) is 10.9. The summed E-state index contributed by atoms with van der Waals surface area (Å²) in [4.78, 5) is 17.5. The summed E-state index contributed by atoms with van der Waals surface area (Å²) < 4.78 is 22.2. The lowest BCUT2D eigenvalue weighted by molar-refractivity contribution is -0.0513. The van der Waals surface area contributed by atoms with Crippen LogP contribution in [0.25, 0.3) is 0 Å². The number of carbonyl (C=O) groups excluding carboxylic acids is 1. The number of nitrogens with zero attached hydrogens (tertiary/aromatic N) is 2. The Bertz CT molecular complexity index is 686. The van der Waals surface area contributed by atoms with Crippen LogP contribution in [0.3, 0.4) is 0 Å². The zero-order chi connectivity index (χ0) is 23.0. The first kappa shape index (κ1) is 25.2. The second kappa shape index (κ2) is 12.1. The Labute approximate surface area is 186 Å². The van der Waals surface area contributed by atoms with Crippen LogP contribution in [-0.4, -0.2) is 93.7 Å². The number of aliphatic hydroxyl groups is 1. The molecule has 1 heterocycles. The first-order chi connectivity index (χ1) is 14.8. The molecule has 8 nitrogen and oxygen atoms in total. The van der Waals surface area contributed by atoms with Crippen LogP contribution in [0.2, 0.25) is 0 Å². The van der Waals surface area contributed by atoms with Crippen molar-refractivity contribution < 1.29 is 28.8 Å². The Balaban J connectivity index is 2.21. The summed E-state index contributed by atoms with van der Waals surface area (Å²) in [7, 11) is 4.60. The van der Waals surface area contributed by atoms with Crippen LogP contribution in [0.5, 0.6) is 17.2 Å². The third kappa shape index (κ3) is 6.98. The smallest absolute Gasteiger partial charge is 0.254 e. The summed E-state index contributed by atoms with van der Waals surface area (Å²) in [5.74, 6) is 1.54. The molecule has 1 aliphatic heterocycles. The van der Waals surface area contributed by atoms with Gasteiger partial charge in [-0.25, -0.2) is 0 Å². The minimum atomic E-state index is -0.341. The molecule has 0 aromatic heterocycles. The molecule has 0 radical (unpaired) electrons. The van der Waals surface area contributed by atoms with Crippen molar-refractivity contribution >= 4 is 5.91 Å². The van der Waals surface area contributed by atoms with E-state index in [9.17, 15) is 9.90 Å². The molecule has 8 heteroatoms. The number of aliphatic hydroxyl groups excluding tert-OH is 1. The van der Waals surface area contributed by atoms with Crippen LogP contribution in [0.4, 0.5) is 0 Å². The fraction of sp³-hybridized carbons (Fsp3) is 0.696. The Morgan fingerprint density at radius 3 is 2.39 bits per heavy atom. The standard InChI is InChI=1S/C23H38N2O6/c1-7-18(26)13-24-8-9-31-19(14-24)15-25(12-16(2)3)23(27)17-10-20(28-4)22(30-6)21(11-17)29-5/h10-11,16,18-19,26H,7-9,12-15H2,1-6H3.